The molecule has 0 N–H and O–H groups in total. The van der Waals surface area contributed by atoms with E-state index in [1.165, 1.54) is 32.1 Å². The van der Waals surface area contributed by atoms with Gasteiger partial charge in [-0.05, 0) is 25.7 Å². The van der Waals surface area contributed by atoms with Crippen LogP contribution < -0.4 is 0 Å². The molecule has 0 radical (unpaired) electrons. The average Bonchev–Trinajstić information content (AvgIpc) is 2.10. The molecular formula is C11H20O. The maximum atomic E-state index is 9.96. The topological polar surface area (TPSA) is 17.1 Å². The summed E-state index contributed by atoms with van der Waals surface area (Å²) in [4.78, 5) is 9.96. The number of carbonyl (C=O) groups is 1. The van der Waals surface area contributed by atoms with E-state index in [0.717, 1.165) is 19.1 Å². The van der Waals surface area contributed by atoms with Crippen LogP contribution in [-0.2, 0) is 4.79 Å². The second kappa shape index (κ2) is 10.4. The Balaban J connectivity index is 2.94. The van der Waals surface area contributed by atoms with Crippen molar-refractivity contribution in [2.45, 2.75) is 51.9 Å². The van der Waals surface area contributed by atoms with Crippen LogP contribution >= 0.6 is 0 Å². The Bertz CT molecular complexity index is 116. The molecule has 70 valence electrons. The largest absolute Gasteiger partial charge is 0.303 e. The Labute approximate surface area is 75.9 Å². The van der Waals surface area contributed by atoms with Crippen molar-refractivity contribution in [2.24, 2.45) is 0 Å². The summed E-state index contributed by atoms with van der Waals surface area (Å²) in [5, 5.41) is 0. The van der Waals surface area contributed by atoms with Crippen molar-refractivity contribution in [3.8, 4) is 0 Å². The molecule has 0 fully saturated rings. The van der Waals surface area contributed by atoms with E-state index in [-0.39, 0.29) is 0 Å². The van der Waals surface area contributed by atoms with Gasteiger partial charge in [-0.1, -0.05) is 31.9 Å². The smallest absolute Gasteiger partial charge is 0.119 e. The van der Waals surface area contributed by atoms with E-state index in [1.54, 1.807) is 0 Å². The molecule has 0 aliphatic carbocycles. The highest BCUT2D eigenvalue weighted by atomic mass is 16.1. The van der Waals surface area contributed by atoms with Crippen molar-refractivity contribution < 1.29 is 4.79 Å². The molecule has 1 nitrogen and oxygen atoms in total. The number of rotatable bonds is 8. The molecule has 0 saturated carbocycles. The van der Waals surface area contributed by atoms with E-state index in [9.17, 15) is 4.79 Å². The third-order valence-electron chi connectivity index (χ3n) is 1.81. The Morgan fingerprint density at radius 3 is 2.25 bits per heavy atom. The van der Waals surface area contributed by atoms with Crippen LogP contribution in [0.25, 0.3) is 0 Å². The number of allylic oxidation sites excluding steroid dienone is 2. The summed E-state index contributed by atoms with van der Waals surface area (Å²) in [6.45, 7) is 2.19. The maximum absolute atomic E-state index is 9.96. The van der Waals surface area contributed by atoms with E-state index in [1.807, 2.05) is 0 Å². The minimum Gasteiger partial charge on any atom is -0.303 e. The lowest BCUT2D eigenvalue weighted by Crippen LogP contribution is -1.77. The molecule has 0 aliphatic heterocycles. The Kier molecular flexibility index (Phi) is 9.90. The first-order chi connectivity index (χ1) is 5.91. The summed E-state index contributed by atoms with van der Waals surface area (Å²) in [5.74, 6) is 0. The van der Waals surface area contributed by atoms with E-state index in [0.29, 0.717) is 0 Å². The van der Waals surface area contributed by atoms with Gasteiger partial charge in [-0.15, -0.1) is 0 Å². The zero-order valence-corrected chi connectivity index (χ0v) is 8.09. The molecule has 0 amide bonds. The van der Waals surface area contributed by atoms with Gasteiger partial charge < -0.3 is 4.79 Å². The van der Waals surface area contributed by atoms with Crippen molar-refractivity contribution in [3.05, 3.63) is 12.2 Å². The maximum Gasteiger partial charge on any atom is 0.119 e. The van der Waals surface area contributed by atoms with E-state index in [2.05, 4.69) is 19.1 Å². The van der Waals surface area contributed by atoms with Crippen LogP contribution in [0.1, 0.15) is 51.9 Å². The number of hydrogen-bond acceptors (Lipinski definition) is 1. The highest BCUT2D eigenvalue weighted by Gasteiger charge is 1.85. The molecule has 0 heterocycles. The van der Waals surface area contributed by atoms with Gasteiger partial charge in [0.15, 0.2) is 0 Å². The third kappa shape index (κ3) is 9.41. The summed E-state index contributed by atoms with van der Waals surface area (Å²) in [7, 11) is 0. The zero-order chi connectivity index (χ0) is 9.07. The Morgan fingerprint density at radius 2 is 1.58 bits per heavy atom. The van der Waals surface area contributed by atoms with Gasteiger partial charge in [0.25, 0.3) is 0 Å². The molecule has 0 saturated heterocycles. The van der Waals surface area contributed by atoms with Gasteiger partial charge in [-0.3, -0.25) is 0 Å². The van der Waals surface area contributed by atoms with Crippen LogP contribution in [-0.4, -0.2) is 6.29 Å². The molecule has 0 spiro atoms. The summed E-state index contributed by atoms with van der Waals surface area (Å²) < 4.78 is 0. The lowest BCUT2D eigenvalue weighted by molar-refractivity contribution is -0.107. The first kappa shape index (κ1) is 11.4. The highest BCUT2D eigenvalue weighted by Crippen LogP contribution is 2.02. The van der Waals surface area contributed by atoms with Gasteiger partial charge in [0.1, 0.15) is 6.29 Å². The lowest BCUT2D eigenvalue weighted by atomic mass is 10.1. The lowest BCUT2D eigenvalue weighted by Gasteiger charge is -1.93. The molecule has 0 aliphatic rings. The monoisotopic (exact) mass is 168 g/mol. The minimum atomic E-state index is 0.735. The Hall–Kier alpha value is -0.590. The van der Waals surface area contributed by atoms with Crippen LogP contribution in [0, 0.1) is 0 Å². The van der Waals surface area contributed by atoms with E-state index in [4.69, 9.17) is 0 Å². The molecule has 0 aromatic rings. The first-order valence-electron chi connectivity index (χ1n) is 5.00. The SMILES string of the molecule is CCCC=CCCCCCC=O. The second-order valence-electron chi connectivity index (χ2n) is 3.06. The minimum absolute atomic E-state index is 0.735. The fourth-order valence-electron chi connectivity index (χ4n) is 1.07. The quantitative estimate of drug-likeness (QED) is 0.308. The van der Waals surface area contributed by atoms with Crippen LogP contribution in [0.3, 0.4) is 0 Å². The van der Waals surface area contributed by atoms with Crippen molar-refractivity contribution in [2.75, 3.05) is 0 Å². The number of carbonyl (C=O) groups excluding carboxylic acids is 1. The van der Waals surface area contributed by atoms with Gasteiger partial charge in [0.05, 0.1) is 0 Å². The van der Waals surface area contributed by atoms with Gasteiger partial charge in [0, 0.05) is 6.42 Å². The summed E-state index contributed by atoms with van der Waals surface area (Å²) in [6.07, 6.45) is 13.3. The van der Waals surface area contributed by atoms with Crippen molar-refractivity contribution in [1.82, 2.24) is 0 Å². The summed E-state index contributed by atoms with van der Waals surface area (Å²) in [5.41, 5.74) is 0. The summed E-state index contributed by atoms with van der Waals surface area (Å²) in [6, 6.07) is 0. The first-order valence-corrected chi connectivity index (χ1v) is 5.00. The fourth-order valence-corrected chi connectivity index (χ4v) is 1.07. The van der Waals surface area contributed by atoms with Gasteiger partial charge >= 0.3 is 0 Å². The van der Waals surface area contributed by atoms with Gasteiger partial charge in [-0.25, -0.2) is 0 Å². The van der Waals surface area contributed by atoms with Crippen LogP contribution in [0.5, 0.6) is 0 Å². The molecule has 0 aromatic heterocycles. The van der Waals surface area contributed by atoms with Crippen LogP contribution in [0.15, 0.2) is 12.2 Å². The number of unbranched alkanes of at least 4 members (excludes halogenated alkanes) is 5. The predicted molar refractivity (Wildman–Crippen MR) is 53.2 cm³/mol. The van der Waals surface area contributed by atoms with Crippen LogP contribution in [0.2, 0.25) is 0 Å². The third-order valence-corrected chi connectivity index (χ3v) is 1.81. The number of hydrogen-bond donors (Lipinski definition) is 0. The highest BCUT2D eigenvalue weighted by molar-refractivity contribution is 5.48. The number of aldehydes is 1. The van der Waals surface area contributed by atoms with Crippen molar-refractivity contribution >= 4 is 6.29 Å². The standard InChI is InChI=1S/C11H20O/c1-2-3-4-5-6-7-8-9-10-11-12/h4-5,11H,2-3,6-10H2,1H3. The molecule has 12 heavy (non-hydrogen) atoms. The van der Waals surface area contributed by atoms with E-state index >= 15 is 0 Å². The molecule has 0 rings (SSSR count). The molecular weight excluding hydrogens is 148 g/mol. The van der Waals surface area contributed by atoms with Gasteiger partial charge in [-0.2, -0.15) is 0 Å². The Morgan fingerprint density at radius 1 is 0.917 bits per heavy atom. The normalized spacial score (nSPS) is 10.8. The molecule has 0 atom stereocenters. The second-order valence-corrected chi connectivity index (χ2v) is 3.06. The molecule has 0 unspecified atom stereocenters. The van der Waals surface area contributed by atoms with Crippen LogP contribution in [0.4, 0.5) is 0 Å². The zero-order valence-electron chi connectivity index (χ0n) is 8.09. The summed E-state index contributed by atoms with van der Waals surface area (Å²) >= 11 is 0. The van der Waals surface area contributed by atoms with Crippen molar-refractivity contribution in [3.63, 3.8) is 0 Å². The molecule has 1 heteroatoms. The molecule has 0 aromatic carbocycles. The average molecular weight is 168 g/mol. The van der Waals surface area contributed by atoms with Gasteiger partial charge in [0.2, 0.25) is 0 Å². The van der Waals surface area contributed by atoms with E-state index < -0.39 is 0 Å². The predicted octanol–water partition coefficient (Wildman–Crippen LogP) is 3.49. The molecule has 0 bridgehead atoms. The fraction of sp³-hybridized carbons (Fsp3) is 0.727. The van der Waals surface area contributed by atoms with Crippen molar-refractivity contribution in [1.29, 1.82) is 0 Å².